The fourth-order valence-corrected chi connectivity index (χ4v) is 2.56. The predicted octanol–water partition coefficient (Wildman–Crippen LogP) is 3.35. The summed E-state index contributed by atoms with van der Waals surface area (Å²) < 4.78 is 6.31. The SMILES string of the molecule is Nc1ccc(OCC(=O)c2ccc(Br)s2)cc1. The summed E-state index contributed by atoms with van der Waals surface area (Å²) in [6.45, 7) is 0.0386. The van der Waals surface area contributed by atoms with Gasteiger partial charge in [0.25, 0.3) is 0 Å². The Bertz CT molecular complexity index is 522. The van der Waals surface area contributed by atoms with E-state index in [0.29, 0.717) is 16.3 Å². The minimum absolute atomic E-state index is 0.0301. The van der Waals surface area contributed by atoms with E-state index < -0.39 is 0 Å². The zero-order valence-electron chi connectivity index (χ0n) is 8.85. The van der Waals surface area contributed by atoms with Gasteiger partial charge < -0.3 is 10.5 Å². The number of benzene rings is 1. The molecule has 0 radical (unpaired) electrons. The van der Waals surface area contributed by atoms with Crippen LogP contribution in [0.5, 0.6) is 5.75 Å². The molecular formula is C12H10BrNO2S. The molecule has 3 nitrogen and oxygen atoms in total. The molecule has 2 rings (SSSR count). The maximum atomic E-state index is 11.7. The molecule has 5 heteroatoms. The molecule has 0 fully saturated rings. The lowest BCUT2D eigenvalue weighted by Gasteiger charge is -2.04. The number of thiophene rings is 1. The normalized spacial score (nSPS) is 10.2. The Morgan fingerprint density at radius 2 is 1.94 bits per heavy atom. The van der Waals surface area contributed by atoms with Gasteiger partial charge in [0.15, 0.2) is 6.61 Å². The molecule has 0 aliphatic rings. The summed E-state index contributed by atoms with van der Waals surface area (Å²) in [7, 11) is 0. The van der Waals surface area contributed by atoms with E-state index in [1.807, 2.05) is 6.07 Å². The van der Waals surface area contributed by atoms with Crippen LogP contribution >= 0.6 is 27.3 Å². The Hall–Kier alpha value is -1.33. The molecule has 0 unspecified atom stereocenters. The molecule has 0 saturated carbocycles. The minimum atomic E-state index is -0.0301. The van der Waals surface area contributed by atoms with Gasteiger partial charge in [-0.25, -0.2) is 0 Å². The summed E-state index contributed by atoms with van der Waals surface area (Å²) in [5.74, 6) is 0.612. The van der Waals surface area contributed by atoms with Gasteiger partial charge >= 0.3 is 0 Å². The van der Waals surface area contributed by atoms with E-state index in [9.17, 15) is 4.79 Å². The van der Waals surface area contributed by atoms with E-state index in [0.717, 1.165) is 3.79 Å². The number of hydrogen-bond donors (Lipinski definition) is 1. The van der Waals surface area contributed by atoms with Gasteiger partial charge in [0.05, 0.1) is 8.66 Å². The van der Waals surface area contributed by atoms with E-state index >= 15 is 0 Å². The van der Waals surface area contributed by atoms with Crippen molar-refractivity contribution in [2.75, 3.05) is 12.3 Å². The molecule has 17 heavy (non-hydrogen) atoms. The summed E-state index contributed by atoms with van der Waals surface area (Å²) in [5.41, 5.74) is 6.22. The smallest absolute Gasteiger partial charge is 0.210 e. The average Bonchev–Trinajstić information content (AvgIpc) is 2.75. The van der Waals surface area contributed by atoms with Crippen LogP contribution in [0, 0.1) is 0 Å². The summed E-state index contributed by atoms with van der Waals surface area (Å²) in [5, 5.41) is 0. The van der Waals surface area contributed by atoms with E-state index in [1.54, 1.807) is 30.3 Å². The molecule has 1 aromatic carbocycles. The summed E-state index contributed by atoms with van der Waals surface area (Å²) in [6, 6.07) is 10.6. The Balaban J connectivity index is 1.94. The van der Waals surface area contributed by atoms with Gasteiger partial charge in [-0.1, -0.05) is 0 Å². The molecule has 0 saturated heterocycles. The quantitative estimate of drug-likeness (QED) is 0.696. The van der Waals surface area contributed by atoms with Crippen LogP contribution in [0.3, 0.4) is 0 Å². The number of ether oxygens (including phenoxy) is 1. The van der Waals surface area contributed by atoms with Crippen LogP contribution in [-0.2, 0) is 0 Å². The van der Waals surface area contributed by atoms with Crippen molar-refractivity contribution < 1.29 is 9.53 Å². The second-order valence-corrected chi connectivity index (χ2v) is 5.85. The van der Waals surface area contributed by atoms with Crippen LogP contribution in [0.4, 0.5) is 5.69 Å². The highest BCUT2D eigenvalue weighted by atomic mass is 79.9. The van der Waals surface area contributed by atoms with Crippen LogP contribution in [0.15, 0.2) is 40.2 Å². The summed E-state index contributed by atoms with van der Waals surface area (Å²) in [6.07, 6.45) is 0. The van der Waals surface area contributed by atoms with Gasteiger partial charge in [0, 0.05) is 5.69 Å². The number of nitrogens with two attached hydrogens (primary N) is 1. The number of carbonyl (C=O) groups excluding carboxylic acids is 1. The third kappa shape index (κ3) is 3.31. The molecule has 0 spiro atoms. The van der Waals surface area contributed by atoms with Gasteiger partial charge in [0.1, 0.15) is 5.75 Å². The maximum Gasteiger partial charge on any atom is 0.210 e. The first-order valence-corrected chi connectivity index (χ1v) is 6.53. The number of carbonyl (C=O) groups is 1. The van der Waals surface area contributed by atoms with Gasteiger partial charge in [-0.2, -0.15) is 0 Å². The van der Waals surface area contributed by atoms with Crippen molar-refractivity contribution in [2.45, 2.75) is 0 Å². The molecule has 2 aromatic rings. The molecule has 0 aliphatic heterocycles. The number of hydrogen-bond acceptors (Lipinski definition) is 4. The van der Waals surface area contributed by atoms with Crippen molar-refractivity contribution in [2.24, 2.45) is 0 Å². The molecule has 0 aliphatic carbocycles. The molecule has 2 N–H and O–H groups in total. The first kappa shape index (κ1) is 12.1. The molecule has 0 atom stereocenters. The number of anilines is 1. The number of halogens is 1. The fraction of sp³-hybridized carbons (Fsp3) is 0.0833. The lowest BCUT2D eigenvalue weighted by molar-refractivity contribution is 0.0925. The van der Waals surface area contributed by atoms with Crippen molar-refractivity contribution in [3.63, 3.8) is 0 Å². The molecular weight excluding hydrogens is 302 g/mol. The fourth-order valence-electron chi connectivity index (χ4n) is 1.25. The topological polar surface area (TPSA) is 52.3 Å². The van der Waals surface area contributed by atoms with Crippen molar-refractivity contribution in [1.29, 1.82) is 0 Å². The van der Waals surface area contributed by atoms with Crippen molar-refractivity contribution >= 4 is 38.7 Å². The second kappa shape index (κ2) is 5.33. The van der Waals surface area contributed by atoms with E-state index in [-0.39, 0.29) is 12.4 Å². The van der Waals surface area contributed by atoms with Gasteiger partial charge in [0.2, 0.25) is 5.78 Å². The summed E-state index contributed by atoms with van der Waals surface area (Å²) in [4.78, 5) is 12.4. The number of rotatable bonds is 4. The van der Waals surface area contributed by atoms with Crippen LogP contribution in [0.1, 0.15) is 9.67 Å². The highest BCUT2D eigenvalue weighted by Crippen LogP contribution is 2.22. The average molecular weight is 312 g/mol. The number of Topliss-reactive ketones (excluding diaryl/α,β-unsaturated/α-hetero) is 1. The van der Waals surface area contributed by atoms with Crippen molar-refractivity contribution in [3.05, 3.63) is 45.1 Å². The second-order valence-electron chi connectivity index (χ2n) is 3.38. The van der Waals surface area contributed by atoms with Gasteiger partial charge in [-0.3, -0.25) is 4.79 Å². The van der Waals surface area contributed by atoms with E-state index in [4.69, 9.17) is 10.5 Å². The number of nitrogen functional groups attached to an aromatic ring is 1. The standard InChI is InChI=1S/C12H10BrNO2S/c13-12-6-5-11(17-12)10(15)7-16-9-3-1-8(14)2-4-9/h1-6H,7,14H2. The van der Waals surface area contributed by atoms with Crippen LogP contribution in [0.2, 0.25) is 0 Å². The van der Waals surface area contributed by atoms with Crippen molar-refractivity contribution in [3.8, 4) is 5.75 Å². The lowest BCUT2D eigenvalue weighted by Crippen LogP contribution is -2.09. The molecule has 1 heterocycles. The van der Waals surface area contributed by atoms with Crippen LogP contribution in [-0.4, -0.2) is 12.4 Å². The molecule has 88 valence electrons. The lowest BCUT2D eigenvalue weighted by atomic mass is 10.3. The highest BCUT2D eigenvalue weighted by molar-refractivity contribution is 9.11. The maximum absolute atomic E-state index is 11.7. The molecule has 0 bridgehead atoms. The Morgan fingerprint density at radius 1 is 1.24 bits per heavy atom. The van der Waals surface area contributed by atoms with E-state index in [2.05, 4.69) is 15.9 Å². The molecule has 1 aromatic heterocycles. The largest absolute Gasteiger partial charge is 0.485 e. The zero-order chi connectivity index (χ0) is 12.3. The van der Waals surface area contributed by atoms with E-state index in [1.165, 1.54) is 11.3 Å². The van der Waals surface area contributed by atoms with Crippen molar-refractivity contribution in [1.82, 2.24) is 0 Å². The Labute approximate surface area is 111 Å². The predicted molar refractivity (Wildman–Crippen MR) is 72.7 cm³/mol. The van der Waals surface area contributed by atoms with Crippen LogP contribution in [0.25, 0.3) is 0 Å². The molecule has 0 amide bonds. The van der Waals surface area contributed by atoms with Gasteiger partial charge in [-0.15, -0.1) is 11.3 Å². The third-order valence-corrected chi connectivity index (χ3v) is 3.76. The van der Waals surface area contributed by atoms with Gasteiger partial charge in [-0.05, 0) is 52.3 Å². The van der Waals surface area contributed by atoms with Crippen LogP contribution < -0.4 is 10.5 Å². The third-order valence-electron chi connectivity index (χ3n) is 2.10. The monoisotopic (exact) mass is 311 g/mol. The Morgan fingerprint density at radius 3 is 2.53 bits per heavy atom. The number of ketones is 1. The first-order valence-electron chi connectivity index (χ1n) is 4.92. The summed E-state index contributed by atoms with van der Waals surface area (Å²) >= 11 is 4.72. The first-order chi connectivity index (χ1) is 8.15. The zero-order valence-corrected chi connectivity index (χ0v) is 11.3. The minimum Gasteiger partial charge on any atom is -0.485 e. The Kier molecular flexibility index (Phi) is 3.81. The highest BCUT2D eigenvalue weighted by Gasteiger charge is 2.09.